The molecule has 1 aromatic heterocycles. The molecule has 4 N–H and O–H groups in total. The van der Waals surface area contributed by atoms with Gasteiger partial charge < -0.3 is 10.7 Å². The number of sulfonamides is 1. The normalized spacial score (nSPS) is 11.6. The van der Waals surface area contributed by atoms with Crippen LogP contribution in [-0.4, -0.2) is 13.4 Å². The van der Waals surface area contributed by atoms with Gasteiger partial charge in [-0.1, -0.05) is 11.3 Å². The van der Waals surface area contributed by atoms with E-state index >= 15 is 0 Å². The number of halogens is 1. The molecule has 0 unspecified atom stereocenters. The molecule has 9 heteroatoms. The smallest absolute Gasteiger partial charge is 0.304 e. The highest BCUT2D eigenvalue weighted by Crippen LogP contribution is 2.17. The van der Waals surface area contributed by atoms with Gasteiger partial charge in [-0.25, -0.2) is 17.5 Å². The van der Waals surface area contributed by atoms with Gasteiger partial charge in [0.15, 0.2) is 0 Å². The van der Waals surface area contributed by atoms with E-state index in [9.17, 15) is 17.6 Å². The molecule has 2 aromatic rings. The number of aromatic amines is 1. The molecule has 102 valence electrons. The molecule has 1 heterocycles. The lowest BCUT2D eigenvalue weighted by atomic mass is 10.3. The number of nitrogens with two attached hydrogens (primary N) is 1. The average Bonchev–Trinajstić information content (AvgIpc) is 2.72. The molecular weight excluding hydrogens is 293 g/mol. The first-order valence-electron chi connectivity index (χ1n) is 5.10. The maximum absolute atomic E-state index is 13.5. The lowest BCUT2D eigenvalue weighted by molar-refractivity contribution is 0.556. The molecule has 0 aliphatic heterocycles. The number of nitrogens with one attached hydrogen (secondary N) is 2. The number of thiazole rings is 1. The van der Waals surface area contributed by atoms with Gasteiger partial charge in [-0.2, -0.15) is 0 Å². The first-order chi connectivity index (χ1) is 8.88. The van der Waals surface area contributed by atoms with Crippen LogP contribution in [0.3, 0.4) is 0 Å². The van der Waals surface area contributed by atoms with E-state index in [2.05, 4.69) is 9.71 Å². The molecule has 19 heavy (non-hydrogen) atoms. The molecule has 6 nitrogen and oxygen atoms in total. The Morgan fingerprint density at radius 1 is 1.42 bits per heavy atom. The minimum atomic E-state index is -3.99. The molecule has 0 aliphatic rings. The Labute approximate surface area is 112 Å². The van der Waals surface area contributed by atoms with Crippen molar-refractivity contribution < 1.29 is 12.8 Å². The van der Waals surface area contributed by atoms with Crippen LogP contribution < -0.4 is 15.3 Å². The van der Waals surface area contributed by atoms with E-state index in [0.717, 1.165) is 23.5 Å². The molecule has 0 saturated carbocycles. The van der Waals surface area contributed by atoms with Crippen LogP contribution >= 0.6 is 11.3 Å². The maximum Gasteiger partial charge on any atom is 0.304 e. The van der Waals surface area contributed by atoms with E-state index in [-0.39, 0.29) is 17.1 Å². The third kappa shape index (κ3) is 3.19. The first-order valence-corrected chi connectivity index (χ1v) is 7.46. The van der Waals surface area contributed by atoms with Gasteiger partial charge in [0.05, 0.1) is 6.54 Å². The summed E-state index contributed by atoms with van der Waals surface area (Å²) in [7, 11) is -3.99. The highest BCUT2D eigenvalue weighted by Gasteiger charge is 2.18. The Morgan fingerprint density at radius 3 is 2.74 bits per heavy atom. The van der Waals surface area contributed by atoms with E-state index in [0.29, 0.717) is 5.69 Å². The summed E-state index contributed by atoms with van der Waals surface area (Å²) in [6.45, 7) is -0.120. The Bertz CT molecular complexity index is 751. The topological polar surface area (TPSA) is 105 Å². The quantitative estimate of drug-likeness (QED) is 0.721. The lowest BCUT2D eigenvalue weighted by Crippen LogP contribution is -2.24. The van der Waals surface area contributed by atoms with Gasteiger partial charge in [0, 0.05) is 16.8 Å². The van der Waals surface area contributed by atoms with Crippen LogP contribution in [0.4, 0.5) is 10.1 Å². The number of rotatable bonds is 4. The maximum atomic E-state index is 13.5. The molecule has 0 aliphatic carbocycles. The van der Waals surface area contributed by atoms with Crippen molar-refractivity contribution in [3.8, 4) is 0 Å². The third-order valence-corrected chi connectivity index (χ3v) is 4.42. The Morgan fingerprint density at radius 2 is 2.16 bits per heavy atom. The monoisotopic (exact) mass is 303 g/mol. The molecule has 0 radical (unpaired) electrons. The molecule has 0 bridgehead atoms. The highest BCUT2D eigenvalue weighted by molar-refractivity contribution is 7.89. The summed E-state index contributed by atoms with van der Waals surface area (Å²) in [6.07, 6.45) is 0. The van der Waals surface area contributed by atoms with Crippen molar-refractivity contribution in [1.82, 2.24) is 9.71 Å². The van der Waals surface area contributed by atoms with Gasteiger partial charge in [-0.3, -0.25) is 4.79 Å². The van der Waals surface area contributed by atoms with Crippen LogP contribution in [0.15, 0.2) is 33.3 Å². The number of nitrogen functional groups attached to an aromatic ring is 1. The second kappa shape index (κ2) is 5.11. The van der Waals surface area contributed by atoms with E-state index < -0.39 is 20.7 Å². The first kappa shape index (κ1) is 13.7. The number of aromatic nitrogens is 1. The molecule has 0 spiro atoms. The second-order valence-corrected chi connectivity index (χ2v) is 6.27. The summed E-state index contributed by atoms with van der Waals surface area (Å²) in [5.74, 6) is -0.925. The zero-order valence-corrected chi connectivity index (χ0v) is 11.1. The molecule has 2 rings (SSSR count). The van der Waals surface area contributed by atoms with E-state index in [1.165, 1.54) is 11.4 Å². The van der Waals surface area contributed by atoms with Crippen LogP contribution in [0.5, 0.6) is 0 Å². The summed E-state index contributed by atoms with van der Waals surface area (Å²) in [6, 6.07) is 3.31. The third-order valence-electron chi connectivity index (χ3n) is 2.27. The summed E-state index contributed by atoms with van der Waals surface area (Å²) in [5.41, 5.74) is 5.89. The van der Waals surface area contributed by atoms with Crippen LogP contribution in [0, 0.1) is 5.82 Å². The summed E-state index contributed by atoms with van der Waals surface area (Å²) in [4.78, 5) is 12.6. The predicted molar refractivity (Wildman–Crippen MR) is 69.8 cm³/mol. The highest BCUT2D eigenvalue weighted by atomic mass is 32.2. The number of H-pyrrole nitrogens is 1. The second-order valence-electron chi connectivity index (χ2n) is 3.69. The number of hydrogen-bond donors (Lipinski definition) is 3. The molecule has 1 aromatic carbocycles. The van der Waals surface area contributed by atoms with Crippen LogP contribution in [0.2, 0.25) is 0 Å². The van der Waals surface area contributed by atoms with Crippen molar-refractivity contribution in [2.45, 2.75) is 11.4 Å². The van der Waals surface area contributed by atoms with Gasteiger partial charge in [0.25, 0.3) is 0 Å². The van der Waals surface area contributed by atoms with Gasteiger partial charge in [-0.05, 0) is 18.2 Å². The fraction of sp³-hybridized carbons (Fsp3) is 0.100. The van der Waals surface area contributed by atoms with Crippen LogP contribution in [0.1, 0.15) is 5.69 Å². The van der Waals surface area contributed by atoms with Gasteiger partial charge in [-0.15, -0.1) is 0 Å². The van der Waals surface area contributed by atoms with E-state index in [1.54, 1.807) is 0 Å². The zero-order chi connectivity index (χ0) is 14.0. The summed E-state index contributed by atoms with van der Waals surface area (Å²) in [5, 5.41) is 1.49. The van der Waals surface area contributed by atoms with Gasteiger partial charge >= 0.3 is 4.87 Å². The van der Waals surface area contributed by atoms with Gasteiger partial charge in [0.2, 0.25) is 10.0 Å². The fourth-order valence-corrected chi connectivity index (χ4v) is 3.03. The molecule has 0 saturated heterocycles. The number of hydrogen-bond acceptors (Lipinski definition) is 5. The van der Waals surface area contributed by atoms with E-state index in [1.807, 2.05) is 0 Å². The molecule has 0 fully saturated rings. The SMILES string of the molecule is Nc1ccc(S(=O)(=O)NCc2csc(=O)[nH]2)c(F)c1. The molecule has 0 atom stereocenters. The van der Waals surface area contributed by atoms with Crippen molar-refractivity contribution in [3.05, 3.63) is 44.8 Å². The van der Waals surface area contributed by atoms with Crippen molar-refractivity contribution in [3.63, 3.8) is 0 Å². The van der Waals surface area contributed by atoms with Crippen molar-refractivity contribution in [2.24, 2.45) is 0 Å². The molecule has 0 amide bonds. The van der Waals surface area contributed by atoms with Crippen molar-refractivity contribution >= 4 is 27.0 Å². The van der Waals surface area contributed by atoms with Crippen molar-refractivity contribution in [2.75, 3.05) is 5.73 Å². The number of anilines is 1. The summed E-state index contributed by atoms with van der Waals surface area (Å²) < 4.78 is 39.4. The Hall–Kier alpha value is -1.71. The molecular formula is C10H10FN3O3S2. The largest absolute Gasteiger partial charge is 0.399 e. The fourth-order valence-electron chi connectivity index (χ4n) is 1.39. The lowest BCUT2D eigenvalue weighted by Gasteiger charge is -2.07. The standard InChI is InChI=1S/C10H10FN3O3S2/c11-8-3-6(12)1-2-9(8)19(16,17)13-4-7-5-18-10(15)14-7/h1-3,5,13H,4,12H2,(H,14,15). The minimum Gasteiger partial charge on any atom is -0.399 e. The van der Waals surface area contributed by atoms with Gasteiger partial charge in [0.1, 0.15) is 10.7 Å². The van der Waals surface area contributed by atoms with Crippen molar-refractivity contribution in [1.29, 1.82) is 0 Å². The number of benzene rings is 1. The predicted octanol–water partition coefficient (Wildman–Crippen LogP) is 0.636. The van der Waals surface area contributed by atoms with E-state index in [4.69, 9.17) is 5.73 Å². The minimum absolute atomic E-state index is 0.120. The summed E-state index contributed by atoms with van der Waals surface area (Å²) >= 11 is 0.919. The Kier molecular flexibility index (Phi) is 3.69. The average molecular weight is 303 g/mol. The zero-order valence-electron chi connectivity index (χ0n) is 9.51. The van der Waals surface area contributed by atoms with Crippen LogP contribution in [-0.2, 0) is 16.6 Å². The van der Waals surface area contributed by atoms with Crippen LogP contribution in [0.25, 0.3) is 0 Å². The Balaban J connectivity index is 2.20.